The lowest BCUT2D eigenvalue weighted by molar-refractivity contribution is -0.137. The van der Waals surface area contributed by atoms with E-state index in [1.807, 2.05) is 32.0 Å². The van der Waals surface area contributed by atoms with Crippen LogP contribution in [0.25, 0.3) is 0 Å². The number of likely N-dealkylation sites (tertiary alicyclic amines) is 1. The number of aromatic nitrogens is 3. The van der Waals surface area contributed by atoms with Crippen molar-refractivity contribution in [3.05, 3.63) is 80.5 Å². The van der Waals surface area contributed by atoms with Gasteiger partial charge in [-0.2, -0.15) is 10.4 Å². The SMILES string of the molecule is Cc1cc(Oc2ccc(C(=O)NC(C)C(=O)N3[C@H](c4cccc(Cl)c4)CC[C@@H]3C(C)(C)C#N)nc2C)c(=O)[nH]n1. The third-order valence-corrected chi connectivity index (χ3v) is 7.33. The zero-order chi connectivity index (χ0) is 29.2. The van der Waals surface area contributed by atoms with Gasteiger partial charge in [-0.15, -0.1) is 0 Å². The number of ether oxygens (including phenoxy) is 1. The third-order valence-electron chi connectivity index (χ3n) is 7.10. The Bertz CT molecular complexity index is 1550. The van der Waals surface area contributed by atoms with Crippen LogP contribution in [-0.4, -0.2) is 44.0 Å². The van der Waals surface area contributed by atoms with Gasteiger partial charge in [0.05, 0.1) is 35.0 Å². The molecule has 2 amide bonds. The fourth-order valence-corrected chi connectivity index (χ4v) is 5.16. The molecule has 1 unspecified atom stereocenters. The molecule has 0 aliphatic carbocycles. The number of pyridine rings is 1. The molecule has 3 atom stereocenters. The van der Waals surface area contributed by atoms with E-state index in [9.17, 15) is 19.6 Å². The Morgan fingerprint density at radius 1 is 1.20 bits per heavy atom. The van der Waals surface area contributed by atoms with Crippen molar-refractivity contribution in [1.82, 2.24) is 25.4 Å². The van der Waals surface area contributed by atoms with Gasteiger partial charge in [0.2, 0.25) is 5.91 Å². The van der Waals surface area contributed by atoms with Gasteiger partial charge in [0.15, 0.2) is 5.75 Å². The first-order chi connectivity index (χ1) is 18.9. The number of nitrogens with zero attached hydrogens (tertiary/aromatic N) is 4. The normalized spacial score (nSPS) is 17.7. The number of aryl methyl sites for hydroxylation is 2. The average Bonchev–Trinajstić information content (AvgIpc) is 3.37. The van der Waals surface area contributed by atoms with Crippen LogP contribution in [0.2, 0.25) is 5.02 Å². The molecule has 3 aromatic rings. The largest absolute Gasteiger partial charge is 0.450 e. The summed E-state index contributed by atoms with van der Waals surface area (Å²) < 4.78 is 5.68. The highest BCUT2D eigenvalue weighted by Crippen LogP contribution is 2.43. The number of halogens is 1. The second-order valence-electron chi connectivity index (χ2n) is 10.5. The average molecular weight is 563 g/mol. The summed E-state index contributed by atoms with van der Waals surface area (Å²) in [6, 6.07) is 12.7. The minimum absolute atomic E-state index is 0.0588. The molecule has 0 saturated carbocycles. The van der Waals surface area contributed by atoms with Gasteiger partial charge in [-0.25, -0.2) is 10.1 Å². The van der Waals surface area contributed by atoms with Crippen LogP contribution in [0.3, 0.4) is 0 Å². The smallest absolute Gasteiger partial charge is 0.307 e. The third kappa shape index (κ3) is 6.00. The number of rotatable bonds is 7. The van der Waals surface area contributed by atoms with Crippen molar-refractivity contribution in [1.29, 1.82) is 5.26 Å². The maximum Gasteiger partial charge on any atom is 0.307 e. The predicted molar refractivity (Wildman–Crippen MR) is 149 cm³/mol. The van der Waals surface area contributed by atoms with Crippen molar-refractivity contribution < 1.29 is 14.3 Å². The van der Waals surface area contributed by atoms with Gasteiger partial charge < -0.3 is 15.0 Å². The number of amides is 2. The van der Waals surface area contributed by atoms with Crippen LogP contribution < -0.4 is 15.6 Å². The Morgan fingerprint density at radius 3 is 2.62 bits per heavy atom. The number of nitrogens with one attached hydrogen (secondary N) is 2. The van der Waals surface area contributed by atoms with E-state index in [-0.39, 0.29) is 29.4 Å². The summed E-state index contributed by atoms with van der Waals surface area (Å²) in [5.41, 5.74) is 0.645. The predicted octanol–water partition coefficient (Wildman–Crippen LogP) is 4.63. The van der Waals surface area contributed by atoms with E-state index < -0.39 is 22.9 Å². The lowest BCUT2D eigenvalue weighted by atomic mass is 9.84. The molecule has 10 nitrogen and oxygen atoms in total. The van der Waals surface area contributed by atoms with Crippen molar-refractivity contribution in [2.75, 3.05) is 0 Å². The van der Waals surface area contributed by atoms with E-state index in [1.165, 1.54) is 12.1 Å². The van der Waals surface area contributed by atoms with Gasteiger partial charge in [0.1, 0.15) is 17.5 Å². The van der Waals surface area contributed by atoms with Crippen molar-refractivity contribution in [2.24, 2.45) is 5.41 Å². The number of hydrogen-bond acceptors (Lipinski definition) is 7. The first kappa shape index (κ1) is 28.8. The van der Waals surface area contributed by atoms with Gasteiger partial charge in [-0.1, -0.05) is 23.7 Å². The van der Waals surface area contributed by atoms with Crippen LogP contribution in [0, 0.1) is 30.6 Å². The minimum atomic E-state index is -0.888. The summed E-state index contributed by atoms with van der Waals surface area (Å²) in [6.45, 7) is 8.62. The molecule has 3 heterocycles. The summed E-state index contributed by atoms with van der Waals surface area (Å²) in [5, 5.41) is 19.3. The monoisotopic (exact) mass is 562 g/mol. The van der Waals surface area contributed by atoms with E-state index in [4.69, 9.17) is 16.3 Å². The van der Waals surface area contributed by atoms with Crippen molar-refractivity contribution >= 4 is 23.4 Å². The summed E-state index contributed by atoms with van der Waals surface area (Å²) in [4.78, 5) is 45.0. The first-order valence-corrected chi connectivity index (χ1v) is 13.3. The standard InChI is InChI=1S/C29H31ClN6O4/c1-16-13-24(27(38)35-34-16)40-23-11-9-21(32-17(23)2)26(37)33-18(3)28(39)36-22(19-7-6-8-20(30)14-19)10-12-25(36)29(4,5)15-31/h6-9,11,13-14,18,22,25H,10,12H2,1-5H3,(H,33,37)(H,35,38)/t18?,22-,25+/m0/s1. The van der Waals surface area contributed by atoms with Crippen LogP contribution in [0.4, 0.5) is 0 Å². The summed E-state index contributed by atoms with van der Waals surface area (Å²) in [6.07, 6.45) is 1.32. The number of carbonyl (C=O) groups is 2. The van der Waals surface area contributed by atoms with Crippen LogP contribution in [0.15, 0.2) is 47.3 Å². The lowest BCUT2D eigenvalue weighted by Crippen LogP contribution is -2.52. The molecule has 1 aliphatic heterocycles. The van der Waals surface area contributed by atoms with Crippen LogP contribution in [0.1, 0.15) is 67.1 Å². The molecule has 1 aromatic carbocycles. The van der Waals surface area contributed by atoms with Gasteiger partial charge >= 0.3 is 5.56 Å². The number of nitriles is 1. The number of carbonyl (C=O) groups excluding carboxylic acids is 2. The molecule has 0 spiro atoms. The molecule has 0 radical (unpaired) electrons. The first-order valence-electron chi connectivity index (χ1n) is 12.9. The van der Waals surface area contributed by atoms with Crippen LogP contribution >= 0.6 is 11.6 Å². The molecule has 2 N–H and O–H groups in total. The zero-order valence-corrected chi connectivity index (χ0v) is 23.7. The topological polar surface area (TPSA) is 141 Å². The maximum atomic E-state index is 13.8. The molecule has 2 aromatic heterocycles. The molecular formula is C29H31ClN6O4. The minimum Gasteiger partial charge on any atom is -0.450 e. The highest BCUT2D eigenvalue weighted by Gasteiger charge is 2.46. The van der Waals surface area contributed by atoms with E-state index in [0.717, 1.165) is 5.56 Å². The summed E-state index contributed by atoms with van der Waals surface area (Å²) >= 11 is 6.24. The molecule has 1 saturated heterocycles. The van der Waals surface area contributed by atoms with Crippen LogP contribution in [0.5, 0.6) is 11.5 Å². The van der Waals surface area contributed by atoms with Gasteiger partial charge in [-0.05, 0) is 77.3 Å². The molecule has 1 fully saturated rings. The number of aromatic amines is 1. The number of benzene rings is 1. The molecule has 11 heteroatoms. The Kier molecular flexibility index (Phi) is 8.26. The Morgan fingerprint density at radius 2 is 1.95 bits per heavy atom. The maximum absolute atomic E-state index is 13.8. The fraction of sp³-hybridized carbons (Fsp3) is 0.379. The van der Waals surface area contributed by atoms with Gasteiger partial charge in [0.25, 0.3) is 5.91 Å². The lowest BCUT2D eigenvalue weighted by Gasteiger charge is -2.38. The summed E-state index contributed by atoms with van der Waals surface area (Å²) in [5.74, 6) is -0.473. The second kappa shape index (κ2) is 11.5. The van der Waals surface area contributed by atoms with E-state index >= 15 is 0 Å². The molecular weight excluding hydrogens is 532 g/mol. The Labute approximate surface area is 237 Å². The number of hydrogen-bond donors (Lipinski definition) is 2. The van der Waals surface area contributed by atoms with Crippen molar-refractivity contribution in [3.63, 3.8) is 0 Å². The molecule has 1 aliphatic rings. The number of H-pyrrole nitrogens is 1. The summed E-state index contributed by atoms with van der Waals surface area (Å²) in [7, 11) is 0. The highest BCUT2D eigenvalue weighted by molar-refractivity contribution is 6.30. The van der Waals surface area contributed by atoms with Crippen molar-refractivity contribution in [3.8, 4) is 17.6 Å². The van der Waals surface area contributed by atoms with Gasteiger partial charge in [0, 0.05) is 11.1 Å². The Hall–Kier alpha value is -4.23. The fourth-order valence-electron chi connectivity index (χ4n) is 4.96. The van der Waals surface area contributed by atoms with E-state index in [1.54, 1.807) is 37.8 Å². The van der Waals surface area contributed by atoms with Gasteiger partial charge in [-0.3, -0.25) is 14.4 Å². The van der Waals surface area contributed by atoms with Crippen LogP contribution in [-0.2, 0) is 4.79 Å². The van der Waals surface area contributed by atoms with Crippen molar-refractivity contribution in [2.45, 2.75) is 65.6 Å². The second-order valence-corrected chi connectivity index (χ2v) is 11.0. The molecule has 0 bridgehead atoms. The molecule has 208 valence electrons. The quantitative estimate of drug-likeness (QED) is 0.427. The zero-order valence-electron chi connectivity index (χ0n) is 23.0. The highest BCUT2D eigenvalue weighted by atomic mass is 35.5. The van der Waals surface area contributed by atoms with E-state index in [2.05, 4.69) is 26.6 Å². The Balaban J connectivity index is 1.53. The van der Waals surface area contributed by atoms with E-state index in [0.29, 0.717) is 35.0 Å². The molecule has 40 heavy (non-hydrogen) atoms. The molecule has 4 rings (SSSR count).